The number of rotatable bonds is 8. The summed E-state index contributed by atoms with van der Waals surface area (Å²) in [7, 11) is 1.69. The Morgan fingerprint density at radius 1 is 1.00 bits per heavy atom. The second kappa shape index (κ2) is 7.88. The SMILES string of the molecule is COc1ccc2cc(CNCCCCCO)ccc2c1. The lowest BCUT2D eigenvalue weighted by Crippen LogP contribution is -2.14. The summed E-state index contributed by atoms with van der Waals surface area (Å²) in [5, 5.41) is 14.6. The maximum atomic E-state index is 8.71. The van der Waals surface area contributed by atoms with Gasteiger partial charge in [0.1, 0.15) is 5.75 Å². The lowest BCUT2D eigenvalue weighted by atomic mass is 10.1. The van der Waals surface area contributed by atoms with Gasteiger partial charge in [-0.05, 0) is 60.3 Å². The van der Waals surface area contributed by atoms with E-state index in [-0.39, 0.29) is 0 Å². The fourth-order valence-electron chi connectivity index (χ4n) is 2.28. The molecule has 0 fully saturated rings. The van der Waals surface area contributed by atoms with Crippen molar-refractivity contribution in [2.75, 3.05) is 20.3 Å². The third kappa shape index (κ3) is 4.22. The minimum Gasteiger partial charge on any atom is -0.497 e. The van der Waals surface area contributed by atoms with Gasteiger partial charge in [-0.15, -0.1) is 0 Å². The van der Waals surface area contributed by atoms with Crippen LogP contribution in [0.4, 0.5) is 0 Å². The Labute approximate surface area is 120 Å². The van der Waals surface area contributed by atoms with Crippen molar-refractivity contribution in [3.8, 4) is 5.75 Å². The van der Waals surface area contributed by atoms with Crippen LogP contribution in [0.15, 0.2) is 36.4 Å². The first kappa shape index (κ1) is 14.8. The predicted molar refractivity (Wildman–Crippen MR) is 83.1 cm³/mol. The molecule has 0 radical (unpaired) electrons. The Bertz CT molecular complexity index is 540. The molecule has 2 N–H and O–H groups in total. The summed E-state index contributed by atoms with van der Waals surface area (Å²) < 4.78 is 5.23. The van der Waals surface area contributed by atoms with Crippen LogP contribution in [0, 0.1) is 0 Å². The van der Waals surface area contributed by atoms with E-state index in [1.54, 1.807) is 7.11 Å². The highest BCUT2D eigenvalue weighted by Crippen LogP contribution is 2.21. The molecule has 0 saturated heterocycles. The van der Waals surface area contributed by atoms with Crippen molar-refractivity contribution in [3.63, 3.8) is 0 Å². The maximum absolute atomic E-state index is 8.71. The van der Waals surface area contributed by atoms with Crippen LogP contribution in [0.3, 0.4) is 0 Å². The molecule has 2 aromatic rings. The van der Waals surface area contributed by atoms with Gasteiger partial charge in [0, 0.05) is 13.2 Å². The van der Waals surface area contributed by atoms with Crippen LogP contribution >= 0.6 is 0 Å². The summed E-state index contributed by atoms with van der Waals surface area (Å²) in [6.45, 7) is 2.19. The van der Waals surface area contributed by atoms with E-state index in [1.807, 2.05) is 6.07 Å². The Balaban J connectivity index is 1.88. The van der Waals surface area contributed by atoms with Crippen LogP contribution in [0.2, 0.25) is 0 Å². The number of aliphatic hydroxyl groups is 1. The van der Waals surface area contributed by atoms with E-state index in [0.717, 1.165) is 38.1 Å². The number of hydrogen-bond acceptors (Lipinski definition) is 3. The van der Waals surface area contributed by atoms with E-state index in [9.17, 15) is 0 Å². The first-order valence-electron chi connectivity index (χ1n) is 7.22. The highest BCUT2D eigenvalue weighted by atomic mass is 16.5. The molecule has 2 aromatic carbocycles. The number of nitrogens with one attached hydrogen (secondary N) is 1. The van der Waals surface area contributed by atoms with Crippen LogP contribution in [0.5, 0.6) is 5.75 Å². The zero-order valence-corrected chi connectivity index (χ0v) is 12.1. The molecule has 20 heavy (non-hydrogen) atoms. The average molecular weight is 273 g/mol. The molecule has 0 heterocycles. The van der Waals surface area contributed by atoms with Gasteiger partial charge in [0.15, 0.2) is 0 Å². The number of fused-ring (bicyclic) bond motifs is 1. The third-order valence-corrected chi connectivity index (χ3v) is 3.45. The van der Waals surface area contributed by atoms with Crippen molar-refractivity contribution in [1.82, 2.24) is 5.32 Å². The lowest BCUT2D eigenvalue weighted by molar-refractivity contribution is 0.283. The number of aliphatic hydroxyl groups excluding tert-OH is 1. The molecule has 0 aliphatic rings. The largest absolute Gasteiger partial charge is 0.497 e. The summed E-state index contributed by atoms with van der Waals surface area (Å²) in [5.41, 5.74) is 1.30. The molecule has 0 atom stereocenters. The normalized spacial score (nSPS) is 10.9. The van der Waals surface area contributed by atoms with E-state index in [1.165, 1.54) is 16.3 Å². The van der Waals surface area contributed by atoms with Crippen molar-refractivity contribution >= 4 is 10.8 Å². The number of ether oxygens (including phenoxy) is 1. The molecule has 3 nitrogen and oxygen atoms in total. The fourth-order valence-corrected chi connectivity index (χ4v) is 2.28. The maximum Gasteiger partial charge on any atom is 0.119 e. The molecule has 0 amide bonds. The summed E-state index contributed by atoms with van der Waals surface area (Å²) in [6.07, 6.45) is 3.10. The molecule has 0 saturated carbocycles. The molecular formula is C17H23NO2. The van der Waals surface area contributed by atoms with Gasteiger partial charge in [-0.25, -0.2) is 0 Å². The molecule has 2 rings (SSSR count). The lowest BCUT2D eigenvalue weighted by Gasteiger charge is -2.07. The number of hydrogen-bond donors (Lipinski definition) is 2. The third-order valence-electron chi connectivity index (χ3n) is 3.45. The molecule has 0 aliphatic heterocycles. The molecule has 0 aromatic heterocycles. The fraction of sp³-hybridized carbons (Fsp3) is 0.412. The van der Waals surface area contributed by atoms with Crippen LogP contribution in [-0.4, -0.2) is 25.4 Å². The van der Waals surface area contributed by atoms with E-state index in [4.69, 9.17) is 9.84 Å². The van der Waals surface area contributed by atoms with E-state index in [2.05, 4.69) is 35.6 Å². The van der Waals surface area contributed by atoms with Crippen molar-refractivity contribution in [3.05, 3.63) is 42.0 Å². The summed E-state index contributed by atoms with van der Waals surface area (Å²) in [5.74, 6) is 0.896. The Morgan fingerprint density at radius 3 is 2.60 bits per heavy atom. The van der Waals surface area contributed by atoms with Crippen molar-refractivity contribution in [2.24, 2.45) is 0 Å². The molecule has 0 unspecified atom stereocenters. The van der Waals surface area contributed by atoms with Gasteiger partial charge in [0.05, 0.1) is 7.11 Å². The Hall–Kier alpha value is -1.58. The van der Waals surface area contributed by atoms with E-state index in [0.29, 0.717) is 6.61 Å². The second-order valence-electron chi connectivity index (χ2n) is 5.01. The minimum atomic E-state index is 0.300. The summed E-state index contributed by atoms with van der Waals surface area (Å²) >= 11 is 0. The van der Waals surface area contributed by atoms with Crippen molar-refractivity contribution in [2.45, 2.75) is 25.8 Å². The number of methoxy groups -OCH3 is 1. The van der Waals surface area contributed by atoms with Crippen molar-refractivity contribution in [1.29, 1.82) is 0 Å². The van der Waals surface area contributed by atoms with Crippen LogP contribution in [0.25, 0.3) is 10.8 Å². The quantitative estimate of drug-likeness (QED) is 0.726. The van der Waals surface area contributed by atoms with Crippen LogP contribution in [0.1, 0.15) is 24.8 Å². The highest BCUT2D eigenvalue weighted by Gasteiger charge is 1.99. The number of benzene rings is 2. The van der Waals surface area contributed by atoms with Crippen molar-refractivity contribution < 1.29 is 9.84 Å². The van der Waals surface area contributed by atoms with Gasteiger partial charge < -0.3 is 15.2 Å². The minimum absolute atomic E-state index is 0.300. The van der Waals surface area contributed by atoms with E-state index >= 15 is 0 Å². The first-order chi connectivity index (χ1) is 9.83. The zero-order valence-electron chi connectivity index (χ0n) is 12.1. The topological polar surface area (TPSA) is 41.5 Å². The molecule has 3 heteroatoms. The molecule has 0 bridgehead atoms. The molecular weight excluding hydrogens is 250 g/mol. The van der Waals surface area contributed by atoms with Gasteiger partial charge in [-0.2, -0.15) is 0 Å². The molecule has 108 valence electrons. The van der Waals surface area contributed by atoms with Crippen LogP contribution in [-0.2, 0) is 6.54 Å². The van der Waals surface area contributed by atoms with E-state index < -0.39 is 0 Å². The smallest absolute Gasteiger partial charge is 0.119 e. The standard InChI is InChI=1S/C17H23NO2/c1-20-17-8-7-15-11-14(5-6-16(15)12-17)13-18-9-3-2-4-10-19/h5-8,11-12,18-19H,2-4,9-10,13H2,1H3. The van der Waals surface area contributed by atoms with Crippen LogP contribution < -0.4 is 10.1 Å². The van der Waals surface area contributed by atoms with Gasteiger partial charge >= 0.3 is 0 Å². The summed E-state index contributed by atoms with van der Waals surface area (Å²) in [4.78, 5) is 0. The second-order valence-corrected chi connectivity index (χ2v) is 5.01. The zero-order chi connectivity index (χ0) is 14.2. The predicted octanol–water partition coefficient (Wildman–Crippen LogP) is 3.10. The average Bonchev–Trinajstić information content (AvgIpc) is 2.50. The Kier molecular flexibility index (Phi) is 5.84. The highest BCUT2D eigenvalue weighted by molar-refractivity contribution is 5.84. The monoisotopic (exact) mass is 273 g/mol. The summed E-state index contributed by atoms with van der Waals surface area (Å²) in [6, 6.07) is 12.7. The van der Waals surface area contributed by atoms with Gasteiger partial charge in [-0.1, -0.05) is 18.2 Å². The molecule has 0 aliphatic carbocycles. The Morgan fingerprint density at radius 2 is 1.80 bits per heavy atom. The van der Waals surface area contributed by atoms with Gasteiger partial charge in [0.2, 0.25) is 0 Å². The molecule has 0 spiro atoms. The van der Waals surface area contributed by atoms with Gasteiger partial charge in [0.25, 0.3) is 0 Å². The van der Waals surface area contributed by atoms with Gasteiger partial charge in [-0.3, -0.25) is 0 Å². The number of unbranched alkanes of at least 4 members (excludes halogenated alkanes) is 2. The first-order valence-corrected chi connectivity index (χ1v) is 7.22.